The molecular weight excluding hydrogens is 107 g/mol. The Morgan fingerprint density at radius 3 is 2.11 bits per heavy atom. The second-order valence-electron chi connectivity index (χ2n) is 2.94. The largest absolute Gasteiger partial charge is 0.0884 e. The van der Waals surface area contributed by atoms with Crippen molar-refractivity contribution in [3.63, 3.8) is 0 Å². The van der Waals surface area contributed by atoms with Gasteiger partial charge >= 0.3 is 0 Å². The lowest BCUT2D eigenvalue weighted by atomic mass is 9.85. The zero-order chi connectivity index (χ0) is 7.28. The van der Waals surface area contributed by atoms with E-state index >= 15 is 0 Å². The molecule has 2 radical (unpaired) electrons. The molecule has 0 aliphatic rings. The molecule has 0 heterocycles. The Hall–Kier alpha value is 0.0649. The third-order valence-corrected chi connectivity index (χ3v) is 2.24. The minimum Gasteiger partial charge on any atom is -0.0884 e. The summed E-state index contributed by atoms with van der Waals surface area (Å²) in [7, 11) is 5.42. The fourth-order valence-corrected chi connectivity index (χ4v) is 0.950. The van der Waals surface area contributed by atoms with Crippen LogP contribution in [-0.2, 0) is 0 Å². The van der Waals surface area contributed by atoms with Gasteiger partial charge in [0.1, 0.15) is 0 Å². The van der Waals surface area contributed by atoms with Crippen molar-refractivity contribution in [2.24, 2.45) is 11.8 Å². The SMILES string of the molecule is [B]CCC(C)C(C)CC. The highest BCUT2D eigenvalue weighted by molar-refractivity contribution is 6.08. The summed E-state index contributed by atoms with van der Waals surface area (Å²) < 4.78 is 0. The first-order chi connectivity index (χ1) is 4.22. The van der Waals surface area contributed by atoms with Crippen LogP contribution in [0.25, 0.3) is 0 Å². The van der Waals surface area contributed by atoms with Gasteiger partial charge in [0, 0.05) is 0 Å². The van der Waals surface area contributed by atoms with Gasteiger partial charge in [0.05, 0.1) is 7.85 Å². The molecule has 0 aliphatic carbocycles. The third kappa shape index (κ3) is 3.61. The van der Waals surface area contributed by atoms with Gasteiger partial charge in [0.25, 0.3) is 0 Å². The summed E-state index contributed by atoms with van der Waals surface area (Å²) in [6.45, 7) is 6.80. The van der Waals surface area contributed by atoms with Crippen molar-refractivity contribution in [2.45, 2.75) is 39.9 Å². The van der Waals surface area contributed by atoms with Crippen molar-refractivity contribution in [3.8, 4) is 0 Å². The lowest BCUT2D eigenvalue weighted by molar-refractivity contribution is 0.367. The molecule has 52 valence electrons. The van der Waals surface area contributed by atoms with Crippen molar-refractivity contribution in [1.82, 2.24) is 0 Å². The van der Waals surface area contributed by atoms with E-state index in [0.29, 0.717) is 0 Å². The number of rotatable bonds is 4. The van der Waals surface area contributed by atoms with Crippen LogP contribution in [0.5, 0.6) is 0 Å². The Bertz CT molecular complexity index is 61.6. The van der Waals surface area contributed by atoms with Crippen molar-refractivity contribution in [2.75, 3.05) is 0 Å². The molecule has 0 spiro atoms. The van der Waals surface area contributed by atoms with Crippen LogP contribution >= 0.6 is 0 Å². The average molecular weight is 124 g/mol. The summed E-state index contributed by atoms with van der Waals surface area (Å²) >= 11 is 0. The molecule has 0 aromatic heterocycles. The Balaban J connectivity index is 3.32. The molecule has 0 aromatic rings. The van der Waals surface area contributed by atoms with Crippen molar-refractivity contribution in [3.05, 3.63) is 0 Å². The topological polar surface area (TPSA) is 0 Å². The van der Waals surface area contributed by atoms with Gasteiger partial charge in [-0.3, -0.25) is 0 Å². The van der Waals surface area contributed by atoms with Gasteiger partial charge in [-0.25, -0.2) is 0 Å². The highest BCUT2D eigenvalue weighted by atomic mass is 14.1. The Kier molecular flexibility index (Phi) is 4.93. The van der Waals surface area contributed by atoms with Crippen LogP contribution < -0.4 is 0 Å². The predicted molar refractivity (Wildman–Crippen MR) is 43.8 cm³/mol. The molecule has 0 aliphatic heterocycles. The molecule has 0 rings (SSSR count). The molecule has 0 aromatic carbocycles. The van der Waals surface area contributed by atoms with Crippen LogP contribution in [0, 0.1) is 11.8 Å². The van der Waals surface area contributed by atoms with E-state index in [-0.39, 0.29) is 0 Å². The Morgan fingerprint density at radius 2 is 1.78 bits per heavy atom. The Labute approximate surface area is 60.4 Å². The highest BCUT2D eigenvalue weighted by Gasteiger charge is 2.07. The van der Waals surface area contributed by atoms with Gasteiger partial charge in [-0.05, 0) is 11.8 Å². The summed E-state index contributed by atoms with van der Waals surface area (Å²) in [5.74, 6) is 1.65. The second-order valence-corrected chi connectivity index (χ2v) is 2.94. The standard InChI is InChI=1S/C8H17B/c1-4-7(2)8(3)5-6-9/h7-8H,4-6H2,1-3H3. The van der Waals surface area contributed by atoms with E-state index in [1.165, 1.54) is 12.8 Å². The molecule has 2 atom stereocenters. The highest BCUT2D eigenvalue weighted by Crippen LogP contribution is 2.18. The van der Waals surface area contributed by atoms with Crippen LogP contribution in [0.4, 0.5) is 0 Å². The lowest BCUT2D eigenvalue weighted by Crippen LogP contribution is -2.05. The zero-order valence-electron chi connectivity index (χ0n) is 6.85. The molecule has 0 bridgehead atoms. The van der Waals surface area contributed by atoms with Crippen LogP contribution in [0.1, 0.15) is 33.6 Å². The van der Waals surface area contributed by atoms with E-state index in [9.17, 15) is 0 Å². The van der Waals surface area contributed by atoms with Gasteiger partial charge in [0.15, 0.2) is 0 Å². The molecule has 0 amide bonds. The smallest absolute Gasteiger partial charge is 0.0653 e. The van der Waals surface area contributed by atoms with E-state index in [1.54, 1.807) is 0 Å². The summed E-state index contributed by atoms with van der Waals surface area (Å²) in [4.78, 5) is 0. The van der Waals surface area contributed by atoms with E-state index < -0.39 is 0 Å². The van der Waals surface area contributed by atoms with Gasteiger partial charge in [-0.15, -0.1) is 0 Å². The van der Waals surface area contributed by atoms with Crippen molar-refractivity contribution < 1.29 is 0 Å². The minimum absolute atomic E-state index is 0.806. The van der Waals surface area contributed by atoms with E-state index in [4.69, 9.17) is 7.85 Å². The molecular formula is C8H17B. The van der Waals surface area contributed by atoms with E-state index in [2.05, 4.69) is 20.8 Å². The maximum atomic E-state index is 5.42. The molecule has 2 unspecified atom stereocenters. The molecule has 0 saturated carbocycles. The molecule has 1 heteroatoms. The number of hydrogen-bond acceptors (Lipinski definition) is 0. The zero-order valence-corrected chi connectivity index (χ0v) is 6.85. The first-order valence-corrected chi connectivity index (χ1v) is 3.92. The van der Waals surface area contributed by atoms with Gasteiger partial charge in [0.2, 0.25) is 0 Å². The van der Waals surface area contributed by atoms with Crippen molar-refractivity contribution >= 4 is 7.85 Å². The summed E-state index contributed by atoms with van der Waals surface area (Å²) in [6, 6.07) is 0. The van der Waals surface area contributed by atoms with Crippen LogP contribution in [0.2, 0.25) is 6.32 Å². The average Bonchev–Trinajstić information content (AvgIpc) is 1.87. The fraction of sp³-hybridized carbons (Fsp3) is 1.00. The quantitative estimate of drug-likeness (QED) is 0.505. The maximum absolute atomic E-state index is 5.42. The second kappa shape index (κ2) is 4.90. The number of hydrogen-bond donors (Lipinski definition) is 0. The van der Waals surface area contributed by atoms with Crippen LogP contribution in [0.3, 0.4) is 0 Å². The van der Waals surface area contributed by atoms with Crippen LogP contribution in [0.15, 0.2) is 0 Å². The lowest BCUT2D eigenvalue weighted by Gasteiger charge is -2.16. The molecule has 0 saturated heterocycles. The first kappa shape index (κ1) is 9.06. The molecule has 0 N–H and O–H groups in total. The monoisotopic (exact) mass is 124 g/mol. The summed E-state index contributed by atoms with van der Waals surface area (Å²) in [5.41, 5.74) is 0. The fourth-order valence-electron chi connectivity index (χ4n) is 0.950. The normalized spacial score (nSPS) is 17.2. The first-order valence-electron chi connectivity index (χ1n) is 3.92. The minimum atomic E-state index is 0.806. The summed E-state index contributed by atoms with van der Waals surface area (Å²) in [6.07, 6.45) is 3.29. The van der Waals surface area contributed by atoms with Crippen molar-refractivity contribution in [1.29, 1.82) is 0 Å². The third-order valence-electron chi connectivity index (χ3n) is 2.24. The van der Waals surface area contributed by atoms with E-state index in [0.717, 1.165) is 18.2 Å². The van der Waals surface area contributed by atoms with E-state index in [1.807, 2.05) is 0 Å². The molecule has 0 nitrogen and oxygen atoms in total. The molecule has 9 heavy (non-hydrogen) atoms. The predicted octanol–water partition coefficient (Wildman–Crippen LogP) is 2.65. The Morgan fingerprint density at radius 1 is 1.22 bits per heavy atom. The summed E-state index contributed by atoms with van der Waals surface area (Å²) in [5, 5.41) is 0. The maximum Gasteiger partial charge on any atom is 0.0653 e. The van der Waals surface area contributed by atoms with Gasteiger partial charge < -0.3 is 0 Å². The van der Waals surface area contributed by atoms with Gasteiger partial charge in [-0.1, -0.05) is 39.9 Å². The van der Waals surface area contributed by atoms with Gasteiger partial charge in [-0.2, -0.15) is 0 Å². The van der Waals surface area contributed by atoms with Crippen LogP contribution in [-0.4, -0.2) is 7.85 Å². The molecule has 0 fully saturated rings.